The molecule has 0 spiro atoms. The number of carbonyl (C=O) groups excluding carboxylic acids is 1. The SMILES string of the molecule is Cc1nn(C)c(C)c1B1OC(C)(C)C(C)(C)O1.Cc1noc(C)c1-c1cc(-c2c(C)nn(C)c2C)c(N)c([N+](=O)[O-])c1.Cc1noc(C)c1-c1cc(Br)c(N)c([N+](=O)[O-])c1.Cc1noc(C)c1-c1cc(N)c(N)c(-c2c(C)nn(C)c2C)c1.Cc1noc(C)c1-c1cc2c(c(-c3c(C)nn(C)c3C)c1)CC(=O)N2.O=S(=O)=S(=O)=O.[Na][Na]. The first kappa shape index (κ1) is 91.7. The summed E-state index contributed by atoms with van der Waals surface area (Å²) in [7, 11) is 1.42. The van der Waals surface area contributed by atoms with Crippen LogP contribution in [0.3, 0.4) is 0 Å². The summed E-state index contributed by atoms with van der Waals surface area (Å²) in [6, 6.07) is 14.5. The fraction of sp³-hybridized carbons (Fsp3) is 0.355. The molecule has 2 aliphatic heterocycles. The van der Waals surface area contributed by atoms with E-state index in [9.17, 15) is 25.0 Å². The molecule has 604 valence electrons. The first-order valence-corrected chi connectivity index (χ1v) is 47.8. The number of carbonyl (C=O) groups is 1. The van der Waals surface area contributed by atoms with Crippen molar-refractivity contribution in [2.24, 2.45) is 28.2 Å². The summed E-state index contributed by atoms with van der Waals surface area (Å²) >= 11 is 6.11. The Hall–Kier alpha value is -9.87. The van der Waals surface area contributed by atoms with Gasteiger partial charge in [0.1, 0.15) is 34.4 Å². The normalized spacial score (nSPS) is 12.8. The van der Waals surface area contributed by atoms with Gasteiger partial charge in [0, 0.05) is 129 Å². The van der Waals surface area contributed by atoms with Crippen LogP contribution >= 0.6 is 15.9 Å². The third-order valence-corrected chi connectivity index (χ3v) is 22.1. The van der Waals surface area contributed by atoms with Crippen LogP contribution in [0.5, 0.6) is 0 Å². The van der Waals surface area contributed by atoms with E-state index in [-0.39, 0.29) is 47.0 Å². The van der Waals surface area contributed by atoms with Crippen molar-refractivity contribution in [2.75, 3.05) is 28.3 Å². The van der Waals surface area contributed by atoms with Crippen LogP contribution in [0.4, 0.5) is 39.8 Å². The van der Waals surface area contributed by atoms with Crippen molar-refractivity contribution in [3.05, 3.63) is 170 Å². The molecule has 0 bridgehead atoms. The van der Waals surface area contributed by atoms with E-state index < -0.39 is 28.4 Å². The molecular weight excluding hydrogens is 1620 g/mol. The van der Waals surface area contributed by atoms with Crippen LogP contribution in [0.25, 0.3) is 77.9 Å². The number of hydrogen-bond acceptors (Lipinski definition) is 27. The number of aryl methyl sites for hydroxylation is 16. The average molecular weight is 1710 g/mol. The monoisotopic (exact) mass is 1710 g/mol. The van der Waals surface area contributed by atoms with Gasteiger partial charge in [-0.3, -0.25) is 43.8 Å². The summed E-state index contributed by atoms with van der Waals surface area (Å²) in [5.41, 5.74) is 50.5. The summed E-state index contributed by atoms with van der Waals surface area (Å²) in [5.74, 6) is 2.76. The number of nitro groups is 2. The Balaban J connectivity index is 0.000000178. The number of nitrogen functional groups attached to an aromatic ring is 4. The third kappa shape index (κ3) is 19.0. The molecule has 0 unspecified atom stereocenters. The van der Waals surface area contributed by atoms with E-state index in [2.05, 4.69) is 103 Å². The van der Waals surface area contributed by atoms with Crippen molar-refractivity contribution in [1.29, 1.82) is 0 Å². The summed E-state index contributed by atoms with van der Waals surface area (Å²) in [6.07, 6.45) is 0.389. The van der Waals surface area contributed by atoms with E-state index in [4.69, 9.17) is 67.2 Å². The number of rotatable bonds is 10. The number of hydrogen-bond donors (Lipinski definition) is 5. The van der Waals surface area contributed by atoms with Crippen molar-refractivity contribution < 1.29 is 58.9 Å². The van der Waals surface area contributed by atoms with Crippen LogP contribution in [0, 0.1) is 131 Å². The molecule has 4 aromatic carbocycles. The molecule has 1 saturated heterocycles. The Kier molecular flexibility index (Phi) is 29.0. The number of aromatic nitrogens is 12. The molecule has 10 heterocycles. The standard InChI is InChI=1S/C19H20N4O2.C17H19N5O3.C17H21N5O.C12H21BN2O2.C11H10BrN3O3.2Na.O4S2/c1-9-18(11(3)23(5)21-9)15-6-13(19-10(2)22-25-12(19)4)7-16-14(15)8-17(24)20-16;1-8-15(10(3)21(5)19-8)13-6-12(7-14(17(13)18)22(23)24)16-9(2)20-25-11(16)4;1-8-15(10(3)22(5)20-8)13-6-12(7-14(18)17(13)19)16-9(2)21-23-11(16)4;1-8-10(9(2)15(7)14-8)13-16-11(3,4)12(5,6)17-13;1-5-10(6(2)18-14-5)7-3-8(12)11(13)9(4-7)15(16)17;;;1-5(2)6(3)4/h6-7H,8H2,1-5H3,(H,20,24);6-7H,18H2,1-5H3;6-7H,18-19H2,1-5H3;1-7H3;3-4H,13H2,1-2H3;;;. The van der Waals surface area contributed by atoms with Crippen molar-refractivity contribution in [3.63, 3.8) is 0 Å². The predicted octanol–water partition coefficient (Wildman–Crippen LogP) is 12.5. The number of benzene rings is 4. The maximum absolute atomic E-state index is 12.0. The van der Waals surface area contributed by atoms with E-state index in [0.717, 1.165) is 146 Å². The Bertz CT molecular complexity index is 5990. The summed E-state index contributed by atoms with van der Waals surface area (Å²) in [4.78, 5) is 33.5. The van der Waals surface area contributed by atoms with Crippen molar-refractivity contribution >= 4 is 136 Å². The van der Waals surface area contributed by atoms with Crippen LogP contribution in [-0.2, 0) is 67.2 Å². The Labute approximate surface area is 709 Å². The predicted molar refractivity (Wildman–Crippen MR) is 449 cm³/mol. The number of amides is 1. The van der Waals surface area contributed by atoms with E-state index in [1.807, 2.05) is 143 Å². The van der Waals surface area contributed by atoms with Gasteiger partial charge in [-0.25, -0.2) is 0 Å². The van der Waals surface area contributed by atoms with Crippen LogP contribution < -0.4 is 33.7 Å². The second-order valence-corrected chi connectivity index (χ2v) is 32.0. The van der Waals surface area contributed by atoms with E-state index in [0.29, 0.717) is 61.9 Å². The molecule has 1 fully saturated rings. The zero-order valence-electron chi connectivity index (χ0n) is 69.8. The minimum absolute atomic E-state index is 0.0198. The molecule has 34 nitrogen and oxygen atoms in total. The molecule has 0 aliphatic carbocycles. The average Bonchev–Trinajstić information content (AvgIpc) is 1.61. The van der Waals surface area contributed by atoms with Crippen molar-refractivity contribution in [3.8, 4) is 77.9 Å². The quantitative estimate of drug-likeness (QED) is 0.0367. The molecule has 116 heavy (non-hydrogen) atoms. The first-order chi connectivity index (χ1) is 54.1. The van der Waals surface area contributed by atoms with E-state index >= 15 is 0 Å². The molecule has 0 atom stereocenters. The molecule has 1 amide bonds. The number of nitrogens with zero attached hydrogens (tertiary/aromatic N) is 14. The van der Waals surface area contributed by atoms with Gasteiger partial charge in [-0.05, 0) is 224 Å². The topological polar surface area (TPSA) is 482 Å². The number of halogens is 1. The molecule has 40 heteroatoms. The van der Waals surface area contributed by atoms with E-state index in [1.165, 1.54) is 55.8 Å². The maximum atomic E-state index is 12.0. The number of nitrogens with one attached hydrogen (secondary N) is 1. The summed E-state index contributed by atoms with van der Waals surface area (Å²) < 4.78 is 77.1. The fourth-order valence-electron chi connectivity index (χ4n) is 13.9. The third-order valence-electron chi connectivity index (χ3n) is 20.5. The zero-order chi connectivity index (χ0) is 86.8. The van der Waals surface area contributed by atoms with Crippen LogP contribution in [0.1, 0.15) is 125 Å². The molecule has 9 N–H and O–H groups in total. The van der Waals surface area contributed by atoms with Gasteiger partial charge >= 0.3 is 69.3 Å². The van der Waals surface area contributed by atoms with Gasteiger partial charge in [-0.2, -0.15) is 37.2 Å². The van der Waals surface area contributed by atoms with Gasteiger partial charge in [0.05, 0.1) is 84.4 Å². The molecule has 8 aromatic heterocycles. The van der Waals surface area contributed by atoms with Gasteiger partial charge in [0.15, 0.2) is 0 Å². The van der Waals surface area contributed by atoms with Gasteiger partial charge in [-0.1, -0.05) is 20.6 Å². The van der Waals surface area contributed by atoms with Gasteiger partial charge < -0.3 is 55.7 Å². The van der Waals surface area contributed by atoms with Crippen LogP contribution in [0.15, 0.2) is 71.1 Å². The minimum atomic E-state index is -2.95. The van der Waals surface area contributed by atoms with Gasteiger partial charge in [0.25, 0.3) is 11.4 Å². The number of fused-ring (bicyclic) bond motifs is 1. The van der Waals surface area contributed by atoms with Crippen LogP contribution in [0.2, 0.25) is 0 Å². The van der Waals surface area contributed by atoms with Crippen molar-refractivity contribution in [1.82, 2.24) is 59.7 Å². The number of nitro benzene ring substituents is 2. The molecule has 0 saturated carbocycles. The van der Waals surface area contributed by atoms with Gasteiger partial charge in [0.2, 0.25) is 5.91 Å². The summed E-state index contributed by atoms with van der Waals surface area (Å²) in [5, 5.41) is 59.1. The number of nitrogens with two attached hydrogens (primary N) is 4. The molecule has 12 aromatic rings. The number of anilines is 5. The Morgan fingerprint density at radius 3 is 1.10 bits per heavy atom. The molecular formula is C76H91BBrN19Na2O15S2. The summed E-state index contributed by atoms with van der Waals surface area (Å²) in [6.45, 7) is 38.8. The first-order valence-electron chi connectivity index (χ1n) is 36.4. The van der Waals surface area contributed by atoms with Crippen LogP contribution in [-0.4, -0.2) is 154 Å². The zero-order valence-corrected chi connectivity index (χ0v) is 77.0. The van der Waals surface area contributed by atoms with E-state index in [1.54, 1.807) is 38.4 Å². The second-order valence-electron chi connectivity index (χ2n) is 28.7. The fourth-order valence-corrected chi connectivity index (χ4v) is 14.4. The molecule has 0 radical (unpaired) electrons. The van der Waals surface area contributed by atoms with Gasteiger partial charge in [-0.15, -0.1) is 0 Å². The Morgan fingerprint density at radius 2 is 0.776 bits per heavy atom. The Morgan fingerprint density at radius 1 is 0.457 bits per heavy atom. The molecule has 2 aliphatic rings. The molecule has 14 rings (SSSR count). The van der Waals surface area contributed by atoms with Crippen molar-refractivity contribution in [2.45, 2.75) is 156 Å². The second kappa shape index (κ2) is 36.7.